The number of rotatable bonds is 4. The first-order valence-electron chi connectivity index (χ1n) is 7.55. The van der Waals surface area contributed by atoms with Gasteiger partial charge in [0.25, 0.3) is 0 Å². The maximum Gasteiger partial charge on any atom is 0.311 e. The van der Waals surface area contributed by atoms with E-state index in [1.807, 2.05) is 20.8 Å². The number of carbonyl (C=O) groups is 1. The quantitative estimate of drug-likeness (QED) is 0.854. The molecule has 0 heterocycles. The lowest BCUT2D eigenvalue weighted by atomic mass is 9.86. The summed E-state index contributed by atoms with van der Waals surface area (Å²) in [7, 11) is 0. The van der Waals surface area contributed by atoms with Gasteiger partial charge in [0.1, 0.15) is 0 Å². The van der Waals surface area contributed by atoms with E-state index in [2.05, 4.69) is 45.0 Å². The molecule has 0 aliphatic heterocycles. The normalized spacial score (nSPS) is 13.9. The number of carbonyl (C=O) groups excluding carboxylic acids is 1. The maximum atomic E-state index is 11.7. The monoisotopic (exact) mass is 291 g/mol. The van der Waals surface area contributed by atoms with Gasteiger partial charge in [-0.3, -0.25) is 4.79 Å². The minimum atomic E-state index is -0.460. The van der Waals surface area contributed by atoms with Gasteiger partial charge in [-0.25, -0.2) is 0 Å². The zero-order chi connectivity index (χ0) is 16.3. The van der Waals surface area contributed by atoms with Gasteiger partial charge in [0.15, 0.2) is 0 Å². The Hall–Kier alpha value is -1.35. The number of hydrogen-bond donors (Lipinski definition) is 1. The van der Waals surface area contributed by atoms with Crippen LogP contribution in [0.1, 0.15) is 65.1 Å². The fourth-order valence-corrected chi connectivity index (χ4v) is 1.89. The van der Waals surface area contributed by atoms with Crippen LogP contribution in [0.5, 0.6) is 0 Å². The van der Waals surface area contributed by atoms with Gasteiger partial charge in [-0.15, -0.1) is 0 Å². The summed E-state index contributed by atoms with van der Waals surface area (Å²) < 4.78 is 5.26. The lowest BCUT2D eigenvalue weighted by molar-refractivity contribution is -0.153. The van der Waals surface area contributed by atoms with Crippen molar-refractivity contribution in [3.63, 3.8) is 0 Å². The Balaban J connectivity index is 2.53. The molecule has 1 atom stereocenters. The fourth-order valence-electron chi connectivity index (χ4n) is 1.89. The van der Waals surface area contributed by atoms with Gasteiger partial charge in [0.05, 0.1) is 12.0 Å². The molecule has 0 radical (unpaired) electrons. The van der Waals surface area contributed by atoms with Crippen molar-refractivity contribution in [2.45, 2.75) is 59.4 Å². The Morgan fingerprint density at radius 3 is 2.05 bits per heavy atom. The highest BCUT2D eigenvalue weighted by Gasteiger charge is 2.23. The van der Waals surface area contributed by atoms with Crippen molar-refractivity contribution in [2.75, 3.05) is 6.61 Å². The molecule has 0 aliphatic rings. The Labute approximate surface area is 128 Å². The second kappa shape index (κ2) is 6.61. The molecule has 0 saturated carbocycles. The molecule has 1 unspecified atom stereocenters. The molecule has 1 aromatic carbocycles. The molecule has 0 saturated heterocycles. The van der Waals surface area contributed by atoms with Crippen LogP contribution in [0.2, 0.25) is 0 Å². The maximum absolute atomic E-state index is 11.7. The third-order valence-electron chi connectivity index (χ3n) is 3.48. The number of hydrogen-bond acceptors (Lipinski definition) is 3. The van der Waals surface area contributed by atoms with Crippen molar-refractivity contribution >= 4 is 5.97 Å². The summed E-state index contributed by atoms with van der Waals surface area (Å²) in [6.45, 7) is 12.5. The van der Waals surface area contributed by atoms with Crippen molar-refractivity contribution in [2.24, 2.45) is 11.1 Å². The summed E-state index contributed by atoms with van der Waals surface area (Å²) in [6, 6.07) is 8.27. The molecular weight excluding hydrogens is 262 g/mol. The topological polar surface area (TPSA) is 52.3 Å². The summed E-state index contributed by atoms with van der Waals surface area (Å²) in [4.78, 5) is 11.7. The highest BCUT2D eigenvalue weighted by molar-refractivity contribution is 5.75. The van der Waals surface area contributed by atoms with Crippen LogP contribution in [0.4, 0.5) is 0 Å². The van der Waals surface area contributed by atoms with E-state index in [1.165, 1.54) is 5.56 Å². The van der Waals surface area contributed by atoms with E-state index < -0.39 is 5.41 Å². The summed E-state index contributed by atoms with van der Waals surface area (Å²) in [5, 5.41) is 0. The molecule has 1 rings (SSSR count). The molecule has 1 aromatic rings. The fraction of sp³-hybridized carbons (Fsp3) is 0.611. The van der Waals surface area contributed by atoms with Crippen LogP contribution < -0.4 is 5.73 Å². The molecule has 0 fully saturated rings. The van der Waals surface area contributed by atoms with Gasteiger partial charge < -0.3 is 10.5 Å². The smallest absolute Gasteiger partial charge is 0.311 e. The Morgan fingerprint density at radius 1 is 1.10 bits per heavy atom. The van der Waals surface area contributed by atoms with Crippen LogP contribution in [-0.4, -0.2) is 12.6 Å². The predicted octanol–water partition coefficient (Wildman–Crippen LogP) is 3.96. The highest BCUT2D eigenvalue weighted by Crippen LogP contribution is 2.24. The van der Waals surface area contributed by atoms with E-state index in [9.17, 15) is 4.79 Å². The number of esters is 1. The van der Waals surface area contributed by atoms with E-state index in [-0.39, 0.29) is 17.4 Å². The van der Waals surface area contributed by atoms with Gasteiger partial charge in [0, 0.05) is 12.5 Å². The zero-order valence-corrected chi connectivity index (χ0v) is 14.2. The van der Waals surface area contributed by atoms with E-state index >= 15 is 0 Å². The van der Waals surface area contributed by atoms with Crippen LogP contribution in [0.15, 0.2) is 24.3 Å². The molecule has 0 aliphatic carbocycles. The largest absolute Gasteiger partial charge is 0.465 e. The van der Waals surface area contributed by atoms with Crippen molar-refractivity contribution in [1.82, 2.24) is 0 Å². The van der Waals surface area contributed by atoms with E-state index in [0.717, 1.165) is 5.56 Å². The molecular formula is C18H29NO2. The zero-order valence-electron chi connectivity index (χ0n) is 14.2. The first kappa shape index (κ1) is 17.7. The van der Waals surface area contributed by atoms with Crippen molar-refractivity contribution in [1.29, 1.82) is 0 Å². The molecule has 0 spiro atoms. The summed E-state index contributed by atoms with van der Waals surface area (Å²) >= 11 is 0. The number of nitrogens with two attached hydrogens (primary N) is 1. The third kappa shape index (κ3) is 5.50. The minimum Gasteiger partial charge on any atom is -0.465 e. The highest BCUT2D eigenvalue weighted by atomic mass is 16.5. The standard InChI is InChI=1S/C18H29NO2/c1-17(2,3)14-9-7-13(8-10-14)15(19)11-12-21-16(20)18(4,5)6/h7-10,15H,11-12,19H2,1-6H3. The van der Waals surface area contributed by atoms with Gasteiger partial charge in [0.2, 0.25) is 0 Å². The number of benzene rings is 1. The Morgan fingerprint density at radius 2 is 1.62 bits per heavy atom. The van der Waals surface area contributed by atoms with Crippen LogP contribution >= 0.6 is 0 Å². The van der Waals surface area contributed by atoms with Gasteiger partial charge >= 0.3 is 5.97 Å². The predicted molar refractivity (Wildman–Crippen MR) is 87.1 cm³/mol. The third-order valence-corrected chi connectivity index (χ3v) is 3.48. The van der Waals surface area contributed by atoms with E-state index in [0.29, 0.717) is 13.0 Å². The van der Waals surface area contributed by atoms with Crippen molar-refractivity contribution < 1.29 is 9.53 Å². The summed E-state index contributed by atoms with van der Waals surface area (Å²) in [6.07, 6.45) is 0.636. The lowest BCUT2D eigenvalue weighted by Crippen LogP contribution is -2.24. The van der Waals surface area contributed by atoms with Gasteiger partial charge in [-0.05, 0) is 37.3 Å². The first-order chi connectivity index (χ1) is 9.51. The van der Waals surface area contributed by atoms with Crippen LogP contribution in [0.25, 0.3) is 0 Å². The van der Waals surface area contributed by atoms with Crippen molar-refractivity contribution in [3.8, 4) is 0 Å². The molecule has 0 bridgehead atoms. The molecule has 21 heavy (non-hydrogen) atoms. The molecule has 0 amide bonds. The molecule has 3 nitrogen and oxygen atoms in total. The van der Waals surface area contributed by atoms with E-state index in [4.69, 9.17) is 10.5 Å². The SMILES string of the molecule is CC(C)(C)C(=O)OCCC(N)c1ccc(C(C)(C)C)cc1. The lowest BCUT2D eigenvalue weighted by Gasteiger charge is -2.21. The van der Waals surface area contributed by atoms with Crippen LogP contribution in [-0.2, 0) is 14.9 Å². The second-order valence-electron chi connectivity index (χ2n) is 7.65. The molecule has 2 N–H and O–H groups in total. The van der Waals surface area contributed by atoms with Gasteiger partial charge in [-0.2, -0.15) is 0 Å². The molecule has 118 valence electrons. The van der Waals surface area contributed by atoms with Crippen LogP contribution in [0.3, 0.4) is 0 Å². The first-order valence-corrected chi connectivity index (χ1v) is 7.55. The van der Waals surface area contributed by atoms with E-state index in [1.54, 1.807) is 0 Å². The molecule has 3 heteroatoms. The van der Waals surface area contributed by atoms with Crippen LogP contribution in [0, 0.1) is 5.41 Å². The average Bonchev–Trinajstić information content (AvgIpc) is 2.36. The minimum absolute atomic E-state index is 0.105. The van der Waals surface area contributed by atoms with Gasteiger partial charge in [-0.1, -0.05) is 45.0 Å². The van der Waals surface area contributed by atoms with Crippen molar-refractivity contribution in [3.05, 3.63) is 35.4 Å². The Kier molecular flexibility index (Phi) is 5.57. The summed E-state index contributed by atoms with van der Waals surface area (Å²) in [5.41, 5.74) is 8.21. The Bertz CT molecular complexity index is 463. The second-order valence-corrected chi connectivity index (χ2v) is 7.65. The summed E-state index contributed by atoms with van der Waals surface area (Å²) in [5.74, 6) is -0.183. The average molecular weight is 291 g/mol. The molecule has 0 aromatic heterocycles. The number of ether oxygens (including phenoxy) is 1.